The van der Waals surface area contributed by atoms with Crippen molar-refractivity contribution in [3.05, 3.63) is 59.1 Å². The Bertz CT molecular complexity index is 981. The Kier molecular flexibility index (Phi) is 7.60. The van der Waals surface area contributed by atoms with Crippen molar-refractivity contribution in [3.63, 3.8) is 0 Å². The summed E-state index contributed by atoms with van der Waals surface area (Å²) in [7, 11) is -1.12. The van der Waals surface area contributed by atoms with Crippen LogP contribution < -0.4 is 9.62 Å². The number of benzene rings is 2. The van der Waals surface area contributed by atoms with Crippen LogP contribution in [-0.2, 0) is 19.7 Å². The number of hydrogen-bond donors (Lipinski definition) is 1. The monoisotopic (exact) mass is 439 g/mol. The first kappa shape index (κ1) is 22.7. The zero-order valence-corrected chi connectivity index (χ0v) is 17.8. The minimum absolute atomic E-state index is 0.113. The number of anilines is 2. The van der Waals surface area contributed by atoms with E-state index in [1.54, 1.807) is 37.3 Å². The van der Waals surface area contributed by atoms with Gasteiger partial charge in [-0.1, -0.05) is 29.8 Å². The summed E-state index contributed by atoms with van der Waals surface area (Å²) >= 11 is 6.09. The van der Waals surface area contributed by atoms with Crippen molar-refractivity contribution in [2.45, 2.75) is 6.92 Å². The second kappa shape index (κ2) is 9.73. The number of nitrogens with zero attached hydrogens (tertiary/aromatic N) is 2. The molecule has 0 saturated carbocycles. The topological polar surface area (TPSA) is 96.0 Å². The number of carbonyl (C=O) groups excluding carboxylic acids is 2. The van der Waals surface area contributed by atoms with E-state index in [1.807, 2.05) is 0 Å². The molecule has 0 aliphatic carbocycles. The summed E-state index contributed by atoms with van der Waals surface area (Å²) in [6.07, 6.45) is 0. The molecule has 10 heteroatoms. The lowest BCUT2D eigenvalue weighted by molar-refractivity contribution is -0.114. The second-order valence-electron chi connectivity index (χ2n) is 6.10. The molecular formula is C19H22ClN3O5S. The smallest absolute Gasteiger partial charge is 0.339 e. The Hall–Kier alpha value is -2.62. The Morgan fingerprint density at radius 2 is 1.76 bits per heavy atom. The summed E-state index contributed by atoms with van der Waals surface area (Å²) in [5, 5.41) is 2.71. The molecule has 0 saturated heterocycles. The van der Waals surface area contributed by atoms with Crippen LogP contribution in [0, 0.1) is 0 Å². The van der Waals surface area contributed by atoms with Crippen molar-refractivity contribution in [2.75, 3.05) is 36.9 Å². The third-order valence-electron chi connectivity index (χ3n) is 3.82. The Morgan fingerprint density at radius 1 is 1.10 bits per heavy atom. The molecule has 0 radical (unpaired) electrons. The van der Waals surface area contributed by atoms with Crippen molar-refractivity contribution >= 4 is 45.1 Å². The van der Waals surface area contributed by atoms with Crippen LogP contribution in [0.5, 0.6) is 0 Å². The average Bonchev–Trinajstić information content (AvgIpc) is 2.66. The van der Waals surface area contributed by atoms with Gasteiger partial charge in [-0.3, -0.25) is 4.79 Å². The minimum Gasteiger partial charge on any atom is -0.462 e. The molecule has 2 aromatic carbocycles. The quantitative estimate of drug-likeness (QED) is 0.638. The van der Waals surface area contributed by atoms with Crippen molar-refractivity contribution in [1.82, 2.24) is 4.31 Å². The standard InChI is InChI=1S/C19H22ClN3O5S/c1-4-28-19(25)16-11-10-14(12-17(16)20)21-18(24)13-23(29(26,27)22(2)3)15-8-6-5-7-9-15/h5-12H,4,13H2,1-3H3,(H,21,24). The van der Waals surface area contributed by atoms with Crippen molar-refractivity contribution in [1.29, 1.82) is 0 Å². The number of nitrogens with one attached hydrogen (secondary N) is 1. The average molecular weight is 440 g/mol. The molecule has 0 atom stereocenters. The lowest BCUT2D eigenvalue weighted by atomic mass is 10.2. The molecule has 8 nitrogen and oxygen atoms in total. The highest BCUT2D eigenvalue weighted by atomic mass is 35.5. The van der Waals surface area contributed by atoms with Crippen molar-refractivity contribution in [2.24, 2.45) is 0 Å². The summed E-state index contributed by atoms with van der Waals surface area (Å²) in [5.41, 5.74) is 0.850. The van der Waals surface area contributed by atoms with Crippen LogP contribution in [-0.4, -0.2) is 51.8 Å². The predicted molar refractivity (Wildman–Crippen MR) is 112 cm³/mol. The van der Waals surface area contributed by atoms with E-state index >= 15 is 0 Å². The van der Waals surface area contributed by atoms with Crippen LogP contribution in [0.1, 0.15) is 17.3 Å². The Labute approximate surface area is 175 Å². The molecule has 2 rings (SSSR count). The van der Waals surface area contributed by atoms with E-state index in [1.165, 1.54) is 32.3 Å². The molecule has 0 aliphatic heterocycles. The highest BCUT2D eigenvalue weighted by Gasteiger charge is 2.27. The molecule has 0 fully saturated rings. The van der Waals surface area contributed by atoms with E-state index in [2.05, 4.69) is 5.32 Å². The summed E-state index contributed by atoms with van der Waals surface area (Å²) in [6, 6.07) is 12.6. The first-order chi connectivity index (χ1) is 13.7. The highest BCUT2D eigenvalue weighted by molar-refractivity contribution is 7.90. The van der Waals surface area contributed by atoms with Crippen molar-refractivity contribution < 1.29 is 22.7 Å². The fourth-order valence-electron chi connectivity index (χ4n) is 2.40. The van der Waals surface area contributed by atoms with Crippen LogP contribution in [0.3, 0.4) is 0 Å². The molecular weight excluding hydrogens is 418 g/mol. The second-order valence-corrected chi connectivity index (χ2v) is 8.57. The SMILES string of the molecule is CCOC(=O)c1ccc(NC(=O)CN(c2ccccc2)S(=O)(=O)N(C)C)cc1Cl. The molecule has 0 unspecified atom stereocenters. The molecule has 2 aromatic rings. The lowest BCUT2D eigenvalue weighted by Crippen LogP contribution is -2.44. The van der Waals surface area contributed by atoms with E-state index < -0.39 is 28.6 Å². The molecule has 0 spiro atoms. The van der Waals surface area contributed by atoms with E-state index in [0.717, 1.165) is 8.61 Å². The van der Waals surface area contributed by atoms with Gasteiger partial charge in [-0.25, -0.2) is 9.10 Å². The Balaban J connectivity index is 2.21. The van der Waals surface area contributed by atoms with Gasteiger partial charge in [-0.2, -0.15) is 12.7 Å². The molecule has 156 valence electrons. The normalized spacial score (nSPS) is 11.2. The van der Waals surface area contributed by atoms with E-state index in [9.17, 15) is 18.0 Å². The van der Waals surface area contributed by atoms with Crippen LogP contribution >= 0.6 is 11.6 Å². The third-order valence-corrected chi connectivity index (χ3v) is 5.95. The summed E-state index contributed by atoms with van der Waals surface area (Å²) < 4.78 is 32.2. The van der Waals surface area contributed by atoms with E-state index in [-0.39, 0.29) is 17.2 Å². The van der Waals surface area contributed by atoms with Crippen LogP contribution in [0.25, 0.3) is 0 Å². The highest BCUT2D eigenvalue weighted by Crippen LogP contribution is 2.23. The summed E-state index contributed by atoms with van der Waals surface area (Å²) in [5.74, 6) is -1.14. The fraction of sp³-hybridized carbons (Fsp3) is 0.263. The Morgan fingerprint density at radius 3 is 2.31 bits per heavy atom. The maximum Gasteiger partial charge on any atom is 0.339 e. The van der Waals surface area contributed by atoms with E-state index in [0.29, 0.717) is 11.4 Å². The maximum absolute atomic E-state index is 12.7. The minimum atomic E-state index is -3.89. The van der Waals surface area contributed by atoms with Crippen LogP contribution in [0.15, 0.2) is 48.5 Å². The third kappa shape index (κ3) is 5.69. The number of carbonyl (C=O) groups is 2. The molecule has 1 amide bonds. The van der Waals surface area contributed by atoms with Crippen LogP contribution in [0.4, 0.5) is 11.4 Å². The van der Waals surface area contributed by atoms with E-state index in [4.69, 9.17) is 16.3 Å². The van der Waals surface area contributed by atoms with Gasteiger partial charge in [0.15, 0.2) is 0 Å². The van der Waals surface area contributed by atoms with Gasteiger partial charge in [0.1, 0.15) is 6.54 Å². The molecule has 0 aliphatic rings. The number of rotatable bonds is 8. The molecule has 1 N–H and O–H groups in total. The lowest BCUT2D eigenvalue weighted by Gasteiger charge is -2.26. The zero-order valence-electron chi connectivity index (χ0n) is 16.3. The number of halogens is 1. The summed E-state index contributed by atoms with van der Waals surface area (Å²) in [4.78, 5) is 24.3. The number of amides is 1. The molecule has 0 heterocycles. The number of ether oxygens (including phenoxy) is 1. The number of hydrogen-bond acceptors (Lipinski definition) is 5. The van der Waals surface area contributed by atoms with Gasteiger partial charge in [0, 0.05) is 19.8 Å². The van der Waals surface area contributed by atoms with Gasteiger partial charge in [0.25, 0.3) is 0 Å². The van der Waals surface area contributed by atoms with Gasteiger partial charge in [-0.05, 0) is 37.3 Å². The van der Waals surface area contributed by atoms with Gasteiger partial charge in [-0.15, -0.1) is 0 Å². The van der Waals surface area contributed by atoms with Gasteiger partial charge in [0.2, 0.25) is 5.91 Å². The number of esters is 1. The molecule has 29 heavy (non-hydrogen) atoms. The fourth-order valence-corrected chi connectivity index (χ4v) is 3.72. The first-order valence-corrected chi connectivity index (χ1v) is 10.5. The van der Waals surface area contributed by atoms with Gasteiger partial charge in [0.05, 0.1) is 22.9 Å². The first-order valence-electron chi connectivity index (χ1n) is 8.68. The summed E-state index contributed by atoms with van der Waals surface area (Å²) in [6.45, 7) is 1.45. The van der Waals surface area contributed by atoms with Gasteiger partial charge >= 0.3 is 16.2 Å². The number of para-hydroxylation sites is 1. The van der Waals surface area contributed by atoms with Gasteiger partial charge < -0.3 is 10.1 Å². The molecule has 0 aromatic heterocycles. The largest absolute Gasteiger partial charge is 0.462 e. The molecule has 0 bridgehead atoms. The maximum atomic E-state index is 12.7. The predicted octanol–water partition coefficient (Wildman–Crippen LogP) is 2.77. The zero-order chi connectivity index (χ0) is 21.6. The van der Waals surface area contributed by atoms with Crippen molar-refractivity contribution in [3.8, 4) is 0 Å². The van der Waals surface area contributed by atoms with Crippen LogP contribution in [0.2, 0.25) is 5.02 Å².